The first-order chi connectivity index (χ1) is 6.79. The average Bonchev–Trinajstić information content (AvgIpc) is 2.95. The third-order valence-electron chi connectivity index (χ3n) is 2.17. The van der Waals surface area contributed by atoms with Gasteiger partial charge in [-0.25, -0.2) is 0 Å². The van der Waals surface area contributed by atoms with Gasteiger partial charge in [-0.2, -0.15) is 4.98 Å². The van der Waals surface area contributed by atoms with Gasteiger partial charge in [0, 0.05) is 11.2 Å². The molecule has 2 rings (SSSR count). The number of aromatic nitrogens is 2. The van der Waals surface area contributed by atoms with Crippen molar-refractivity contribution in [1.82, 2.24) is 10.1 Å². The van der Waals surface area contributed by atoms with E-state index in [9.17, 15) is 0 Å². The highest BCUT2D eigenvalue weighted by Crippen LogP contribution is 2.38. The molecule has 1 unspecified atom stereocenters. The molecule has 1 atom stereocenters. The molecule has 14 heavy (non-hydrogen) atoms. The highest BCUT2D eigenvalue weighted by Gasteiger charge is 2.28. The molecule has 1 aromatic heterocycles. The highest BCUT2D eigenvalue weighted by molar-refractivity contribution is 7.99. The molecular weight excluding hydrogens is 200 g/mol. The minimum Gasteiger partial charge on any atom is -0.395 e. The van der Waals surface area contributed by atoms with Gasteiger partial charge in [0.1, 0.15) is 0 Å². The predicted octanol–water partition coefficient (Wildman–Crippen LogP) is 1.56. The molecule has 1 aliphatic rings. The van der Waals surface area contributed by atoms with Crippen LogP contribution in [-0.2, 0) is 5.75 Å². The van der Waals surface area contributed by atoms with Gasteiger partial charge < -0.3 is 9.63 Å². The molecule has 4 nitrogen and oxygen atoms in total. The Morgan fingerprint density at radius 3 is 3.07 bits per heavy atom. The Morgan fingerprint density at radius 2 is 2.43 bits per heavy atom. The van der Waals surface area contributed by atoms with Crippen molar-refractivity contribution in [3.05, 3.63) is 11.7 Å². The van der Waals surface area contributed by atoms with Gasteiger partial charge >= 0.3 is 0 Å². The molecule has 0 spiro atoms. The Kier molecular flexibility index (Phi) is 3.08. The van der Waals surface area contributed by atoms with E-state index < -0.39 is 0 Å². The van der Waals surface area contributed by atoms with Gasteiger partial charge in [-0.3, -0.25) is 0 Å². The molecule has 1 heterocycles. The second-order valence-electron chi connectivity index (χ2n) is 3.62. The summed E-state index contributed by atoms with van der Waals surface area (Å²) in [5, 5.41) is 13.0. The lowest BCUT2D eigenvalue weighted by atomic mass is 10.4. The van der Waals surface area contributed by atoms with E-state index in [1.54, 1.807) is 11.8 Å². The van der Waals surface area contributed by atoms with Crippen molar-refractivity contribution in [2.75, 3.05) is 6.61 Å². The molecule has 1 N–H and O–H groups in total. The van der Waals surface area contributed by atoms with Crippen molar-refractivity contribution in [3.8, 4) is 0 Å². The fourth-order valence-electron chi connectivity index (χ4n) is 1.10. The van der Waals surface area contributed by atoms with Gasteiger partial charge in [-0.1, -0.05) is 12.1 Å². The fraction of sp³-hybridized carbons (Fsp3) is 0.778. The molecule has 0 aliphatic heterocycles. The number of aliphatic hydroxyl groups is 1. The summed E-state index contributed by atoms with van der Waals surface area (Å²) in [6.07, 6.45) is 2.39. The maximum Gasteiger partial charge on any atom is 0.236 e. The van der Waals surface area contributed by atoms with Crippen LogP contribution in [0.3, 0.4) is 0 Å². The molecule has 0 radical (unpaired) electrons. The number of hydrogen-bond donors (Lipinski definition) is 1. The first-order valence-corrected chi connectivity index (χ1v) is 5.89. The monoisotopic (exact) mass is 214 g/mol. The second-order valence-corrected chi connectivity index (χ2v) is 5.05. The van der Waals surface area contributed by atoms with Gasteiger partial charge in [0.25, 0.3) is 0 Å². The Hall–Kier alpha value is -0.550. The van der Waals surface area contributed by atoms with E-state index in [0.717, 1.165) is 5.82 Å². The van der Waals surface area contributed by atoms with Crippen molar-refractivity contribution in [2.45, 2.75) is 36.7 Å². The summed E-state index contributed by atoms with van der Waals surface area (Å²) in [6.45, 7) is 2.16. The van der Waals surface area contributed by atoms with Crippen molar-refractivity contribution in [1.29, 1.82) is 0 Å². The van der Waals surface area contributed by atoms with E-state index in [1.807, 2.05) is 6.92 Å². The van der Waals surface area contributed by atoms with Crippen LogP contribution < -0.4 is 0 Å². The molecule has 0 saturated heterocycles. The van der Waals surface area contributed by atoms with Crippen LogP contribution in [0.5, 0.6) is 0 Å². The van der Waals surface area contributed by atoms with Crippen LogP contribution in [0, 0.1) is 0 Å². The fourth-order valence-corrected chi connectivity index (χ4v) is 1.75. The van der Waals surface area contributed by atoms with Gasteiger partial charge in [0.05, 0.1) is 12.4 Å². The molecule has 1 aliphatic carbocycles. The number of nitrogens with zero attached hydrogens (tertiary/aromatic N) is 2. The molecule has 1 aromatic rings. The largest absolute Gasteiger partial charge is 0.395 e. The normalized spacial score (nSPS) is 18.4. The molecule has 0 aromatic carbocycles. The third-order valence-corrected chi connectivity index (χ3v) is 3.31. The summed E-state index contributed by atoms with van der Waals surface area (Å²) in [4.78, 5) is 4.30. The van der Waals surface area contributed by atoms with Crippen LogP contribution >= 0.6 is 11.8 Å². The summed E-state index contributed by atoms with van der Waals surface area (Å²) in [5.74, 6) is 2.78. The van der Waals surface area contributed by atoms with Crippen molar-refractivity contribution in [3.63, 3.8) is 0 Å². The van der Waals surface area contributed by atoms with Crippen molar-refractivity contribution >= 4 is 11.8 Å². The van der Waals surface area contributed by atoms with E-state index in [-0.39, 0.29) is 11.9 Å². The van der Waals surface area contributed by atoms with Crippen LogP contribution in [0.15, 0.2) is 4.52 Å². The standard InChI is InChI=1S/C9H14N2O2S/c1-6(4-12)14-5-8-10-9(11-13-8)7-2-3-7/h6-7,12H,2-5H2,1H3. The molecule has 0 amide bonds. The Morgan fingerprint density at radius 1 is 1.64 bits per heavy atom. The first-order valence-electron chi connectivity index (χ1n) is 4.84. The van der Waals surface area contributed by atoms with Crippen LogP contribution in [0.1, 0.15) is 37.4 Å². The van der Waals surface area contributed by atoms with E-state index in [2.05, 4.69) is 10.1 Å². The van der Waals surface area contributed by atoms with E-state index >= 15 is 0 Å². The van der Waals surface area contributed by atoms with Crippen molar-refractivity contribution < 1.29 is 9.63 Å². The van der Waals surface area contributed by atoms with Crippen LogP contribution in [-0.4, -0.2) is 27.1 Å². The lowest BCUT2D eigenvalue weighted by Crippen LogP contribution is -2.02. The van der Waals surface area contributed by atoms with Crippen LogP contribution in [0.2, 0.25) is 0 Å². The van der Waals surface area contributed by atoms with E-state index in [1.165, 1.54) is 12.8 Å². The SMILES string of the molecule is CC(CO)SCc1nc(C2CC2)no1. The van der Waals surface area contributed by atoms with Crippen LogP contribution in [0.25, 0.3) is 0 Å². The topological polar surface area (TPSA) is 59.2 Å². The van der Waals surface area contributed by atoms with E-state index in [4.69, 9.17) is 9.63 Å². The number of aliphatic hydroxyl groups excluding tert-OH is 1. The number of thioether (sulfide) groups is 1. The zero-order chi connectivity index (χ0) is 9.97. The Balaban J connectivity index is 1.83. The zero-order valence-corrected chi connectivity index (χ0v) is 8.96. The summed E-state index contributed by atoms with van der Waals surface area (Å²) in [5.41, 5.74) is 0. The highest BCUT2D eigenvalue weighted by atomic mass is 32.2. The average molecular weight is 214 g/mol. The van der Waals surface area contributed by atoms with Crippen molar-refractivity contribution in [2.24, 2.45) is 0 Å². The maximum atomic E-state index is 8.83. The second kappa shape index (κ2) is 4.31. The first kappa shape index (κ1) is 9.98. The maximum absolute atomic E-state index is 8.83. The molecular formula is C9H14N2O2S. The summed E-state index contributed by atoms with van der Waals surface area (Å²) >= 11 is 1.63. The molecule has 78 valence electrons. The Bertz CT molecular complexity index is 299. The smallest absolute Gasteiger partial charge is 0.236 e. The summed E-state index contributed by atoms with van der Waals surface area (Å²) in [6, 6.07) is 0. The number of rotatable bonds is 5. The van der Waals surface area contributed by atoms with Gasteiger partial charge in [-0.05, 0) is 12.8 Å². The van der Waals surface area contributed by atoms with Gasteiger partial charge in [-0.15, -0.1) is 11.8 Å². The van der Waals surface area contributed by atoms with Gasteiger partial charge in [0.2, 0.25) is 5.89 Å². The summed E-state index contributed by atoms with van der Waals surface area (Å²) in [7, 11) is 0. The zero-order valence-electron chi connectivity index (χ0n) is 8.14. The minimum atomic E-state index is 0.189. The summed E-state index contributed by atoms with van der Waals surface area (Å²) < 4.78 is 5.10. The van der Waals surface area contributed by atoms with E-state index in [0.29, 0.717) is 17.6 Å². The quantitative estimate of drug-likeness (QED) is 0.806. The number of hydrogen-bond acceptors (Lipinski definition) is 5. The molecule has 0 bridgehead atoms. The predicted molar refractivity (Wildman–Crippen MR) is 54.1 cm³/mol. The Labute approximate surface area is 87.1 Å². The lowest BCUT2D eigenvalue weighted by Gasteiger charge is -2.03. The molecule has 1 saturated carbocycles. The van der Waals surface area contributed by atoms with Gasteiger partial charge in [0.15, 0.2) is 5.82 Å². The third kappa shape index (κ3) is 2.48. The minimum absolute atomic E-state index is 0.189. The molecule has 1 fully saturated rings. The lowest BCUT2D eigenvalue weighted by molar-refractivity contribution is 0.300. The molecule has 5 heteroatoms. The van der Waals surface area contributed by atoms with Crippen LogP contribution in [0.4, 0.5) is 0 Å².